The molecule has 0 saturated carbocycles. The first-order chi connectivity index (χ1) is 7.43. The lowest BCUT2D eigenvalue weighted by Gasteiger charge is -2.03. The summed E-state index contributed by atoms with van der Waals surface area (Å²) in [6.45, 7) is 6.69. The fourth-order valence-corrected chi connectivity index (χ4v) is 0.998. The van der Waals surface area contributed by atoms with Crippen molar-refractivity contribution in [1.82, 2.24) is 0 Å². The predicted octanol–water partition coefficient (Wildman–Crippen LogP) is 1.82. The van der Waals surface area contributed by atoms with Gasteiger partial charge in [0.1, 0.15) is 11.6 Å². The van der Waals surface area contributed by atoms with Crippen LogP contribution >= 0.6 is 0 Å². The van der Waals surface area contributed by atoms with Crippen molar-refractivity contribution >= 4 is 17.5 Å². The van der Waals surface area contributed by atoms with Gasteiger partial charge in [-0.05, 0) is 20.3 Å². The Balaban J connectivity index is 3.52. The van der Waals surface area contributed by atoms with Crippen molar-refractivity contribution in [2.45, 2.75) is 39.5 Å². The molecule has 0 aliphatic carbocycles. The zero-order valence-corrected chi connectivity index (χ0v) is 9.88. The second kappa shape index (κ2) is 7.79. The Morgan fingerprint density at radius 2 is 1.69 bits per heavy atom. The highest BCUT2D eigenvalue weighted by Crippen LogP contribution is 2.01. The Morgan fingerprint density at radius 1 is 1.06 bits per heavy atom. The average molecular weight is 226 g/mol. The lowest BCUT2D eigenvalue weighted by molar-refractivity contribution is -0.139. The number of hydrogen-bond acceptors (Lipinski definition) is 4. The zero-order valence-electron chi connectivity index (χ0n) is 9.88. The molecule has 0 bridgehead atoms. The van der Waals surface area contributed by atoms with E-state index in [1.165, 1.54) is 6.92 Å². The predicted molar refractivity (Wildman–Crippen MR) is 59.9 cm³/mol. The molecule has 0 fully saturated rings. The second-order valence-corrected chi connectivity index (χ2v) is 3.76. The van der Waals surface area contributed by atoms with Gasteiger partial charge in [0.25, 0.3) is 0 Å². The van der Waals surface area contributed by atoms with Crippen molar-refractivity contribution in [3.8, 4) is 0 Å². The summed E-state index contributed by atoms with van der Waals surface area (Å²) in [6, 6.07) is 0. The SMILES string of the molecule is C=C(C)C(=O)OCCCC(=O)CCC(C)=O. The van der Waals surface area contributed by atoms with Crippen LogP contribution in [0.25, 0.3) is 0 Å². The van der Waals surface area contributed by atoms with E-state index in [-0.39, 0.29) is 24.6 Å². The van der Waals surface area contributed by atoms with Crippen LogP contribution in [0.1, 0.15) is 39.5 Å². The molecule has 16 heavy (non-hydrogen) atoms. The molecule has 0 aliphatic rings. The zero-order chi connectivity index (χ0) is 12.6. The van der Waals surface area contributed by atoms with Crippen molar-refractivity contribution in [3.63, 3.8) is 0 Å². The smallest absolute Gasteiger partial charge is 0.333 e. The van der Waals surface area contributed by atoms with Crippen LogP contribution in [0.4, 0.5) is 0 Å². The fourth-order valence-electron chi connectivity index (χ4n) is 0.998. The van der Waals surface area contributed by atoms with Gasteiger partial charge in [-0.25, -0.2) is 4.79 Å². The minimum absolute atomic E-state index is 0.0158. The highest BCUT2D eigenvalue weighted by molar-refractivity contribution is 5.87. The Hall–Kier alpha value is -1.45. The normalized spacial score (nSPS) is 9.62. The van der Waals surface area contributed by atoms with E-state index in [1.54, 1.807) is 6.92 Å². The van der Waals surface area contributed by atoms with Crippen molar-refractivity contribution < 1.29 is 19.1 Å². The number of carbonyl (C=O) groups excluding carboxylic acids is 3. The van der Waals surface area contributed by atoms with Crippen LogP contribution in [0.3, 0.4) is 0 Å². The minimum atomic E-state index is -0.434. The fraction of sp³-hybridized carbons (Fsp3) is 0.583. The monoisotopic (exact) mass is 226 g/mol. The Labute approximate surface area is 95.7 Å². The summed E-state index contributed by atoms with van der Waals surface area (Å²) in [4.78, 5) is 32.8. The van der Waals surface area contributed by atoms with Crippen LogP contribution in [0, 0.1) is 0 Å². The van der Waals surface area contributed by atoms with Crippen molar-refractivity contribution in [1.29, 1.82) is 0 Å². The maximum atomic E-state index is 11.2. The molecular formula is C12H18O4. The van der Waals surface area contributed by atoms with Crippen LogP contribution < -0.4 is 0 Å². The Bertz CT molecular complexity index is 291. The Morgan fingerprint density at radius 3 is 2.19 bits per heavy atom. The quantitative estimate of drug-likeness (QED) is 0.360. The van der Waals surface area contributed by atoms with E-state index in [0.717, 1.165) is 0 Å². The van der Waals surface area contributed by atoms with Gasteiger partial charge in [-0.15, -0.1) is 0 Å². The molecule has 0 aromatic rings. The molecule has 0 unspecified atom stereocenters. The third-order valence-electron chi connectivity index (χ3n) is 1.94. The van der Waals surface area contributed by atoms with Crippen LogP contribution in [0.2, 0.25) is 0 Å². The molecule has 90 valence electrons. The van der Waals surface area contributed by atoms with Gasteiger partial charge in [0.15, 0.2) is 0 Å². The van der Waals surface area contributed by atoms with Gasteiger partial charge in [-0.2, -0.15) is 0 Å². The summed E-state index contributed by atoms with van der Waals surface area (Å²) in [5.41, 5.74) is 0.350. The van der Waals surface area contributed by atoms with Crippen molar-refractivity contribution in [3.05, 3.63) is 12.2 Å². The molecule has 0 aliphatic heterocycles. The van der Waals surface area contributed by atoms with E-state index in [0.29, 0.717) is 24.8 Å². The summed E-state index contributed by atoms with van der Waals surface area (Å²) in [6.07, 6.45) is 1.42. The summed E-state index contributed by atoms with van der Waals surface area (Å²) in [7, 11) is 0. The number of Topliss-reactive ketones (excluding diaryl/α,β-unsaturated/α-hetero) is 2. The number of ether oxygens (including phenoxy) is 1. The molecule has 0 aromatic heterocycles. The molecule has 0 heterocycles. The molecule has 0 atom stereocenters. The third kappa shape index (κ3) is 7.91. The van der Waals surface area contributed by atoms with Crippen LogP contribution in [-0.2, 0) is 19.1 Å². The highest BCUT2D eigenvalue weighted by Gasteiger charge is 2.06. The highest BCUT2D eigenvalue weighted by atomic mass is 16.5. The van der Waals surface area contributed by atoms with Crippen LogP contribution in [-0.4, -0.2) is 24.1 Å². The van der Waals surface area contributed by atoms with Crippen molar-refractivity contribution in [2.24, 2.45) is 0 Å². The summed E-state index contributed by atoms with van der Waals surface area (Å²) in [5.74, 6) is -0.389. The van der Waals surface area contributed by atoms with E-state index in [1.807, 2.05) is 0 Å². The molecule has 0 aromatic carbocycles. The molecule has 4 nitrogen and oxygen atoms in total. The number of esters is 1. The summed E-state index contributed by atoms with van der Waals surface area (Å²) in [5, 5.41) is 0. The van der Waals surface area contributed by atoms with E-state index in [2.05, 4.69) is 6.58 Å². The molecule has 4 heteroatoms. The van der Waals surface area contributed by atoms with Gasteiger partial charge in [0, 0.05) is 24.8 Å². The summed E-state index contributed by atoms with van der Waals surface area (Å²) < 4.78 is 4.82. The molecule has 0 amide bonds. The van der Waals surface area contributed by atoms with Crippen LogP contribution in [0.15, 0.2) is 12.2 Å². The van der Waals surface area contributed by atoms with Gasteiger partial charge in [0.2, 0.25) is 0 Å². The maximum absolute atomic E-state index is 11.2. The summed E-state index contributed by atoms with van der Waals surface area (Å²) >= 11 is 0. The number of ketones is 2. The third-order valence-corrected chi connectivity index (χ3v) is 1.94. The van der Waals surface area contributed by atoms with E-state index in [4.69, 9.17) is 4.74 Å². The van der Waals surface area contributed by atoms with Gasteiger partial charge in [-0.1, -0.05) is 6.58 Å². The number of rotatable bonds is 8. The van der Waals surface area contributed by atoms with E-state index >= 15 is 0 Å². The molecule has 0 spiro atoms. The van der Waals surface area contributed by atoms with E-state index < -0.39 is 5.97 Å². The second-order valence-electron chi connectivity index (χ2n) is 3.76. The van der Waals surface area contributed by atoms with Gasteiger partial charge in [0.05, 0.1) is 6.61 Å². The first kappa shape index (κ1) is 14.6. The lowest BCUT2D eigenvalue weighted by atomic mass is 10.1. The topological polar surface area (TPSA) is 60.4 Å². The standard InChI is InChI=1S/C12H18O4/c1-9(2)12(15)16-8-4-5-11(14)7-6-10(3)13/h1,4-8H2,2-3H3. The average Bonchev–Trinajstić information content (AvgIpc) is 2.20. The molecular weight excluding hydrogens is 208 g/mol. The van der Waals surface area contributed by atoms with Gasteiger partial charge >= 0.3 is 5.97 Å². The molecule has 0 N–H and O–H groups in total. The maximum Gasteiger partial charge on any atom is 0.333 e. The largest absolute Gasteiger partial charge is 0.462 e. The minimum Gasteiger partial charge on any atom is -0.462 e. The molecule has 0 radical (unpaired) electrons. The van der Waals surface area contributed by atoms with E-state index in [9.17, 15) is 14.4 Å². The van der Waals surface area contributed by atoms with Crippen molar-refractivity contribution in [2.75, 3.05) is 6.61 Å². The number of hydrogen-bond donors (Lipinski definition) is 0. The van der Waals surface area contributed by atoms with Gasteiger partial charge in [-0.3, -0.25) is 4.79 Å². The number of carbonyl (C=O) groups is 3. The molecule has 0 saturated heterocycles. The Kier molecular flexibility index (Phi) is 7.09. The first-order valence-electron chi connectivity index (χ1n) is 5.27. The van der Waals surface area contributed by atoms with Crippen LogP contribution in [0.5, 0.6) is 0 Å². The molecule has 0 rings (SSSR count). The lowest BCUT2D eigenvalue weighted by Crippen LogP contribution is -2.08. The van der Waals surface area contributed by atoms with Gasteiger partial charge < -0.3 is 9.53 Å². The first-order valence-corrected chi connectivity index (χ1v) is 5.27.